The predicted molar refractivity (Wildman–Crippen MR) is 32.9 cm³/mol. The number of nitrogens with zero attached hydrogens (tertiary/aromatic N) is 2. The van der Waals surface area contributed by atoms with Crippen molar-refractivity contribution in [1.82, 2.24) is 10.3 Å². The maximum Gasteiger partial charge on any atom is 0.143 e. The zero-order valence-electron chi connectivity index (χ0n) is 4.03. The van der Waals surface area contributed by atoms with Gasteiger partial charge < -0.3 is 0 Å². The molecule has 0 bridgehead atoms. The lowest BCUT2D eigenvalue weighted by atomic mass is 10.5. The normalized spacial score (nSPS) is 13.5. The zero-order chi connectivity index (χ0) is 5.40. The average Bonchev–Trinajstić information content (AvgIpc) is 2.15. The third-order valence-electron chi connectivity index (χ3n) is 0.999. The van der Waals surface area contributed by atoms with Crippen molar-refractivity contribution < 1.29 is 0 Å². The van der Waals surface area contributed by atoms with Gasteiger partial charge in [-0.3, -0.25) is 0 Å². The fourth-order valence-corrected chi connectivity index (χ4v) is 1.26. The molecule has 0 spiro atoms. The van der Waals surface area contributed by atoms with E-state index in [1.54, 1.807) is 23.0 Å². The summed E-state index contributed by atoms with van der Waals surface area (Å²) in [5.74, 6) is 0. The first-order valence-electron chi connectivity index (χ1n) is 2.28. The second-order valence-electron chi connectivity index (χ2n) is 1.49. The maximum atomic E-state index is 4.03. The highest BCUT2D eigenvalue weighted by atomic mass is 32.1. The first-order chi connectivity index (χ1) is 3.97. The molecule has 1 radical (unpaired) electrons. The standard InChI is InChI=1S/C5H3N2S/c1-2-6-5-4(1)7-3-8-5/h1-3H. The molecule has 1 aliphatic heterocycles. The van der Waals surface area contributed by atoms with Crippen LogP contribution in [0, 0.1) is 0 Å². The van der Waals surface area contributed by atoms with E-state index in [1.807, 2.05) is 6.08 Å². The molecule has 0 N–H and O–H groups in total. The van der Waals surface area contributed by atoms with Crippen LogP contribution in [-0.4, -0.2) is 4.98 Å². The molecule has 1 aromatic heterocycles. The molecule has 0 atom stereocenters. The summed E-state index contributed by atoms with van der Waals surface area (Å²) in [6, 6.07) is 0. The Bertz CT molecular complexity index is 226. The van der Waals surface area contributed by atoms with E-state index in [2.05, 4.69) is 10.3 Å². The molecule has 2 nitrogen and oxygen atoms in total. The molecule has 8 heavy (non-hydrogen) atoms. The van der Waals surface area contributed by atoms with E-state index in [-0.39, 0.29) is 0 Å². The van der Waals surface area contributed by atoms with Gasteiger partial charge >= 0.3 is 0 Å². The number of hydrogen-bond acceptors (Lipinski definition) is 2. The van der Waals surface area contributed by atoms with E-state index >= 15 is 0 Å². The minimum Gasteiger partial charge on any atom is -0.244 e. The van der Waals surface area contributed by atoms with Gasteiger partial charge in [0.15, 0.2) is 0 Å². The molecule has 0 unspecified atom stereocenters. The third-order valence-corrected chi connectivity index (χ3v) is 1.75. The quantitative estimate of drug-likeness (QED) is 0.511. The van der Waals surface area contributed by atoms with E-state index in [1.165, 1.54) is 0 Å². The Kier molecular flexibility index (Phi) is 0.676. The van der Waals surface area contributed by atoms with Crippen LogP contribution in [0.1, 0.15) is 5.69 Å². The van der Waals surface area contributed by atoms with E-state index in [9.17, 15) is 0 Å². The van der Waals surface area contributed by atoms with Crippen molar-refractivity contribution in [3.63, 3.8) is 0 Å². The number of hydrogen-bond donors (Lipinski definition) is 0. The first kappa shape index (κ1) is 4.09. The molecule has 2 heterocycles. The van der Waals surface area contributed by atoms with Crippen molar-refractivity contribution in [2.45, 2.75) is 0 Å². The molecule has 0 fully saturated rings. The molecule has 1 aliphatic rings. The van der Waals surface area contributed by atoms with Crippen molar-refractivity contribution in [3.8, 4) is 0 Å². The number of fused-ring (bicyclic) bond motifs is 1. The van der Waals surface area contributed by atoms with Crippen LogP contribution < -0.4 is 5.32 Å². The van der Waals surface area contributed by atoms with Crippen molar-refractivity contribution in [2.75, 3.05) is 0 Å². The van der Waals surface area contributed by atoms with E-state index in [4.69, 9.17) is 0 Å². The minimum atomic E-state index is 1.01. The molecule has 3 heteroatoms. The molecule has 1 aromatic rings. The summed E-state index contributed by atoms with van der Waals surface area (Å²) in [6.07, 6.45) is 3.68. The summed E-state index contributed by atoms with van der Waals surface area (Å²) >= 11 is 1.57. The predicted octanol–water partition coefficient (Wildman–Crippen LogP) is 1.36. The lowest BCUT2D eigenvalue weighted by molar-refractivity contribution is 1.24. The Morgan fingerprint density at radius 1 is 1.50 bits per heavy atom. The highest BCUT2D eigenvalue weighted by molar-refractivity contribution is 7.13. The zero-order valence-corrected chi connectivity index (χ0v) is 4.85. The Balaban J connectivity index is 2.67. The molecule has 0 amide bonds. The summed E-state index contributed by atoms with van der Waals surface area (Å²) in [4.78, 5) is 4.03. The molecular formula is C5H3N2S. The summed E-state index contributed by atoms with van der Waals surface area (Å²) in [5, 5.41) is 5.07. The Morgan fingerprint density at radius 2 is 2.50 bits per heavy atom. The van der Waals surface area contributed by atoms with Gasteiger partial charge in [-0.25, -0.2) is 10.3 Å². The van der Waals surface area contributed by atoms with Crippen LogP contribution >= 0.6 is 11.3 Å². The van der Waals surface area contributed by atoms with E-state index < -0.39 is 0 Å². The maximum absolute atomic E-state index is 4.03. The van der Waals surface area contributed by atoms with E-state index in [0.29, 0.717) is 0 Å². The van der Waals surface area contributed by atoms with Crippen LogP contribution in [0.15, 0.2) is 11.7 Å². The van der Waals surface area contributed by atoms with Crippen LogP contribution in [-0.2, 0) is 0 Å². The second-order valence-corrected chi connectivity index (χ2v) is 2.32. The van der Waals surface area contributed by atoms with Gasteiger partial charge in [-0.1, -0.05) is 0 Å². The topological polar surface area (TPSA) is 27.0 Å². The number of rotatable bonds is 0. The van der Waals surface area contributed by atoms with Crippen LogP contribution in [0.25, 0.3) is 6.08 Å². The van der Waals surface area contributed by atoms with Gasteiger partial charge in [-0.2, -0.15) is 0 Å². The molecule has 0 saturated heterocycles. The van der Waals surface area contributed by atoms with Crippen LogP contribution in [0.5, 0.6) is 0 Å². The van der Waals surface area contributed by atoms with Gasteiger partial charge in [0.1, 0.15) is 10.7 Å². The van der Waals surface area contributed by atoms with Crippen LogP contribution in [0.3, 0.4) is 0 Å². The first-order valence-corrected chi connectivity index (χ1v) is 3.16. The Morgan fingerprint density at radius 3 is 3.38 bits per heavy atom. The third kappa shape index (κ3) is 0.391. The summed E-state index contributed by atoms with van der Waals surface area (Å²) in [5.41, 5.74) is 2.81. The lowest BCUT2D eigenvalue weighted by Gasteiger charge is -1.78. The van der Waals surface area contributed by atoms with Gasteiger partial charge in [0, 0.05) is 6.20 Å². The lowest BCUT2D eigenvalue weighted by Crippen LogP contribution is -1.72. The van der Waals surface area contributed by atoms with Crippen molar-refractivity contribution in [3.05, 3.63) is 17.4 Å². The van der Waals surface area contributed by atoms with Gasteiger partial charge in [0.2, 0.25) is 0 Å². The number of thiazole rings is 1. The second kappa shape index (κ2) is 1.32. The van der Waals surface area contributed by atoms with Gasteiger partial charge in [-0.15, -0.1) is 11.3 Å². The fourth-order valence-electron chi connectivity index (χ4n) is 0.635. The summed E-state index contributed by atoms with van der Waals surface area (Å²) in [6.45, 7) is 0. The highest BCUT2D eigenvalue weighted by Crippen LogP contribution is 2.25. The summed E-state index contributed by atoms with van der Waals surface area (Å²) in [7, 11) is 0. The van der Waals surface area contributed by atoms with E-state index in [0.717, 1.165) is 10.7 Å². The minimum absolute atomic E-state index is 1.01. The average molecular weight is 123 g/mol. The fraction of sp³-hybridized carbons (Fsp3) is 0. The van der Waals surface area contributed by atoms with Crippen LogP contribution in [0.2, 0.25) is 0 Å². The Labute approximate surface area is 50.9 Å². The smallest absolute Gasteiger partial charge is 0.143 e. The van der Waals surface area contributed by atoms with Gasteiger partial charge in [-0.05, 0) is 6.08 Å². The molecule has 0 aliphatic carbocycles. The number of aromatic nitrogens is 1. The SMILES string of the molecule is C1=Cc2ncsc2[N]1. The molecule has 2 rings (SSSR count). The summed E-state index contributed by atoms with van der Waals surface area (Å²) < 4.78 is 0. The molecule has 0 saturated carbocycles. The highest BCUT2D eigenvalue weighted by Gasteiger charge is 2.06. The molecule has 39 valence electrons. The molecular weight excluding hydrogens is 120 g/mol. The van der Waals surface area contributed by atoms with Gasteiger partial charge in [0.25, 0.3) is 0 Å². The Hall–Kier alpha value is -0.830. The van der Waals surface area contributed by atoms with Crippen molar-refractivity contribution in [2.24, 2.45) is 0 Å². The largest absolute Gasteiger partial charge is 0.244 e. The van der Waals surface area contributed by atoms with Crippen molar-refractivity contribution >= 4 is 22.4 Å². The van der Waals surface area contributed by atoms with Crippen LogP contribution in [0.4, 0.5) is 5.00 Å². The molecule has 0 aromatic carbocycles. The monoisotopic (exact) mass is 123 g/mol. The van der Waals surface area contributed by atoms with Gasteiger partial charge in [0.05, 0.1) is 5.51 Å². The van der Waals surface area contributed by atoms with Crippen molar-refractivity contribution in [1.29, 1.82) is 0 Å².